The van der Waals surface area contributed by atoms with E-state index in [1.54, 1.807) is 24.3 Å². The van der Waals surface area contributed by atoms with Gasteiger partial charge in [0.1, 0.15) is 0 Å². The Morgan fingerprint density at radius 3 is 2.75 bits per heavy atom. The molecule has 1 fully saturated rings. The summed E-state index contributed by atoms with van der Waals surface area (Å²) >= 11 is 0. The van der Waals surface area contributed by atoms with E-state index < -0.39 is 18.2 Å². The highest BCUT2D eigenvalue weighted by molar-refractivity contribution is 5.89. The van der Waals surface area contributed by atoms with E-state index in [-0.39, 0.29) is 5.97 Å². The van der Waals surface area contributed by atoms with Gasteiger partial charge in [0.2, 0.25) is 0 Å². The van der Waals surface area contributed by atoms with Crippen molar-refractivity contribution in [3.8, 4) is 11.8 Å². The first-order valence-electron chi connectivity index (χ1n) is 8.64. The lowest BCUT2D eigenvalue weighted by molar-refractivity contribution is -0.144. The van der Waals surface area contributed by atoms with Crippen LogP contribution in [0.2, 0.25) is 0 Å². The summed E-state index contributed by atoms with van der Waals surface area (Å²) < 4.78 is 10.7. The van der Waals surface area contributed by atoms with Crippen molar-refractivity contribution in [3.63, 3.8) is 0 Å². The number of esters is 2. The predicted octanol–water partition coefficient (Wildman–Crippen LogP) is 3.89. The highest BCUT2D eigenvalue weighted by Gasteiger charge is 2.33. The van der Waals surface area contributed by atoms with E-state index in [2.05, 4.69) is 18.8 Å². The molecule has 1 aromatic rings. The second-order valence-corrected chi connectivity index (χ2v) is 5.89. The summed E-state index contributed by atoms with van der Waals surface area (Å²) in [5.74, 6) is 5.36. The number of unbranched alkanes of at least 4 members (excludes halogenated alkanes) is 4. The van der Waals surface area contributed by atoms with E-state index in [9.17, 15) is 9.59 Å². The predicted molar refractivity (Wildman–Crippen MR) is 91.3 cm³/mol. The largest absolute Gasteiger partial charge is 0.457 e. The van der Waals surface area contributed by atoms with Gasteiger partial charge in [-0.1, -0.05) is 56.2 Å². The van der Waals surface area contributed by atoms with Crippen molar-refractivity contribution >= 4 is 11.9 Å². The van der Waals surface area contributed by atoms with Crippen molar-refractivity contribution < 1.29 is 19.1 Å². The lowest BCUT2D eigenvalue weighted by Crippen LogP contribution is -2.30. The van der Waals surface area contributed by atoms with Gasteiger partial charge in [-0.15, -0.1) is 0 Å². The normalized spacial score (nSPS) is 17.5. The number of rotatable bonds is 7. The monoisotopic (exact) mass is 328 g/mol. The molecule has 0 N–H and O–H groups in total. The Labute approximate surface area is 143 Å². The minimum absolute atomic E-state index is 0.259. The average Bonchev–Trinajstić information content (AvgIpc) is 3.04. The Kier molecular flexibility index (Phi) is 7.35. The van der Waals surface area contributed by atoms with E-state index in [1.807, 2.05) is 6.07 Å². The number of hydrogen-bond acceptors (Lipinski definition) is 4. The van der Waals surface area contributed by atoms with E-state index in [1.165, 1.54) is 12.8 Å². The third-order valence-corrected chi connectivity index (χ3v) is 3.90. The van der Waals surface area contributed by atoms with Gasteiger partial charge in [-0.05, 0) is 25.0 Å². The zero-order valence-corrected chi connectivity index (χ0v) is 14.1. The highest BCUT2D eigenvalue weighted by atomic mass is 16.6. The third-order valence-electron chi connectivity index (χ3n) is 3.90. The molecule has 0 bridgehead atoms. The maximum absolute atomic E-state index is 12.2. The summed E-state index contributed by atoms with van der Waals surface area (Å²) in [4.78, 5) is 23.6. The molecule has 1 aliphatic rings. The van der Waals surface area contributed by atoms with Gasteiger partial charge >= 0.3 is 11.9 Å². The zero-order valence-electron chi connectivity index (χ0n) is 14.1. The van der Waals surface area contributed by atoms with Crippen molar-refractivity contribution in [1.82, 2.24) is 0 Å². The van der Waals surface area contributed by atoms with Crippen molar-refractivity contribution in [2.75, 3.05) is 0 Å². The van der Waals surface area contributed by atoms with Crippen molar-refractivity contribution in [1.29, 1.82) is 0 Å². The van der Waals surface area contributed by atoms with Crippen LogP contribution in [0.3, 0.4) is 0 Å². The Balaban J connectivity index is 1.96. The van der Waals surface area contributed by atoms with Crippen LogP contribution in [0.25, 0.3) is 0 Å². The fraction of sp³-hybridized carbons (Fsp3) is 0.500. The van der Waals surface area contributed by atoms with Crippen molar-refractivity contribution in [2.24, 2.45) is 0 Å². The van der Waals surface area contributed by atoms with Crippen molar-refractivity contribution in [3.05, 3.63) is 35.9 Å². The molecule has 128 valence electrons. The number of hydrogen-bond donors (Lipinski definition) is 0. The van der Waals surface area contributed by atoms with E-state index in [0.717, 1.165) is 19.3 Å². The fourth-order valence-corrected chi connectivity index (χ4v) is 2.53. The molecular weight excluding hydrogens is 304 g/mol. The molecule has 1 saturated heterocycles. The Morgan fingerprint density at radius 1 is 1.29 bits per heavy atom. The quantitative estimate of drug-likeness (QED) is 0.433. The van der Waals surface area contributed by atoms with Gasteiger partial charge in [-0.2, -0.15) is 0 Å². The van der Waals surface area contributed by atoms with Gasteiger partial charge in [0.05, 0.1) is 5.56 Å². The molecule has 0 radical (unpaired) electrons. The molecule has 4 nitrogen and oxygen atoms in total. The first-order chi connectivity index (χ1) is 11.7. The van der Waals surface area contributed by atoms with Gasteiger partial charge in [0.25, 0.3) is 0 Å². The number of ether oxygens (including phenoxy) is 2. The molecule has 1 aromatic carbocycles. The van der Waals surface area contributed by atoms with Crippen LogP contribution in [0.4, 0.5) is 0 Å². The third kappa shape index (κ3) is 5.73. The van der Waals surface area contributed by atoms with Crippen LogP contribution in [0.15, 0.2) is 30.3 Å². The van der Waals surface area contributed by atoms with Crippen LogP contribution in [0, 0.1) is 11.8 Å². The minimum atomic E-state index is -0.699. The molecule has 0 amide bonds. The van der Waals surface area contributed by atoms with Gasteiger partial charge in [0.15, 0.2) is 12.2 Å². The fourth-order valence-electron chi connectivity index (χ4n) is 2.53. The summed E-state index contributed by atoms with van der Waals surface area (Å²) in [5, 5.41) is 0. The second-order valence-electron chi connectivity index (χ2n) is 5.89. The number of carbonyl (C=O) groups excluding carboxylic acids is 2. The summed E-state index contributed by atoms with van der Waals surface area (Å²) in [7, 11) is 0. The average molecular weight is 328 g/mol. The van der Waals surface area contributed by atoms with Crippen LogP contribution in [-0.2, 0) is 14.3 Å². The van der Waals surface area contributed by atoms with Crippen LogP contribution >= 0.6 is 0 Å². The van der Waals surface area contributed by atoms with Gasteiger partial charge in [-0.3, -0.25) is 4.79 Å². The smallest absolute Gasteiger partial charge is 0.339 e. The molecule has 2 atom stereocenters. The zero-order chi connectivity index (χ0) is 17.2. The summed E-state index contributed by atoms with van der Waals surface area (Å²) in [5.41, 5.74) is 0.469. The van der Waals surface area contributed by atoms with Gasteiger partial charge in [-0.25, -0.2) is 4.79 Å². The molecule has 2 rings (SSSR count). The Hall–Kier alpha value is -2.28. The lowest BCUT2D eigenvalue weighted by Gasteiger charge is -2.18. The van der Waals surface area contributed by atoms with Crippen LogP contribution in [-0.4, -0.2) is 24.1 Å². The molecule has 1 heterocycles. The summed E-state index contributed by atoms with van der Waals surface area (Å²) in [6.07, 6.45) is 5.06. The highest BCUT2D eigenvalue weighted by Crippen LogP contribution is 2.20. The van der Waals surface area contributed by atoms with Gasteiger partial charge in [0, 0.05) is 12.8 Å². The molecule has 0 aliphatic carbocycles. The van der Waals surface area contributed by atoms with E-state index >= 15 is 0 Å². The van der Waals surface area contributed by atoms with E-state index in [0.29, 0.717) is 18.4 Å². The number of cyclic esters (lactones) is 1. The maximum Gasteiger partial charge on any atom is 0.339 e. The van der Waals surface area contributed by atoms with E-state index in [4.69, 9.17) is 9.47 Å². The standard InChI is InChI=1S/C20H24O4/c1-2-3-4-5-6-10-13-17(18-14-15-19(21)23-18)24-20(22)16-11-8-7-9-12-16/h7-9,11-12,17-18H,2-6,14-15H2,1H3/t17-,18-/m1/s1. The Bertz CT molecular complexity index is 597. The van der Waals surface area contributed by atoms with Crippen LogP contribution in [0.1, 0.15) is 62.2 Å². The lowest BCUT2D eigenvalue weighted by atomic mass is 10.1. The second kappa shape index (κ2) is 9.77. The summed E-state index contributed by atoms with van der Waals surface area (Å²) in [6.45, 7) is 2.17. The van der Waals surface area contributed by atoms with Crippen LogP contribution in [0.5, 0.6) is 0 Å². The molecular formula is C20H24O4. The van der Waals surface area contributed by atoms with Gasteiger partial charge < -0.3 is 9.47 Å². The molecule has 4 heteroatoms. The maximum atomic E-state index is 12.2. The minimum Gasteiger partial charge on any atom is -0.457 e. The Morgan fingerprint density at radius 2 is 2.08 bits per heavy atom. The first kappa shape index (κ1) is 18.1. The first-order valence-corrected chi connectivity index (χ1v) is 8.64. The molecule has 1 aliphatic heterocycles. The van der Waals surface area contributed by atoms with Crippen LogP contribution < -0.4 is 0 Å². The topological polar surface area (TPSA) is 52.6 Å². The number of carbonyl (C=O) groups is 2. The molecule has 0 unspecified atom stereocenters. The summed E-state index contributed by atoms with van der Waals surface area (Å²) in [6, 6.07) is 8.78. The molecule has 24 heavy (non-hydrogen) atoms. The van der Waals surface area contributed by atoms with Crippen molar-refractivity contribution in [2.45, 2.75) is 64.1 Å². The SMILES string of the molecule is CCCCCCC#C[C@@H](OC(=O)c1ccccc1)[C@H]1CCC(=O)O1. The molecule has 0 spiro atoms. The molecule has 0 aromatic heterocycles. The number of benzene rings is 1. The molecule has 0 saturated carbocycles.